The number of ether oxygens (including phenoxy) is 1. The standard InChI is InChI=1S/C8H16.C2H6O.C2H6/c1-4-6-7-8(3)5-2;1-3-2;1-2/h5,8H,2,4,6-7H2,1,3H3;1-2H3;1-2H3/t8-;;/m0../s1. The molecule has 0 aromatic carbocycles. The van der Waals surface area contributed by atoms with Gasteiger partial charge in [-0.05, 0) is 12.3 Å². The SMILES string of the molecule is C=C[C@H](C)CCCC.CC.COC. The minimum Gasteiger partial charge on any atom is -0.388 e. The predicted octanol–water partition coefficient (Wildman–Crippen LogP) is 4.29. The predicted molar refractivity (Wildman–Crippen MR) is 63.2 cm³/mol. The topological polar surface area (TPSA) is 9.23 Å². The smallest absolute Gasteiger partial charge is 0.0351 e. The van der Waals surface area contributed by atoms with Crippen molar-refractivity contribution in [3.05, 3.63) is 12.7 Å². The summed E-state index contributed by atoms with van der Waals surface area (Å²) in [7, 11) is 3.25. The fourth-order valence-electron chi connectivity index (χ4n) is 0.644. The monoisotopic (exact) mass is 188 g/mol. The number of allylic oxidation sites excluding steroid dienone is 1. The molecule has 82 valence electrons. The molecule has 0 aromatic heterocycles. The second-order valence-electron chi connectivity index (χ2n) is 2.76. The third-order valence-corrected chi connectivity index (χ3v) is 1.42. The van der Waals surface area contributed by atoms with Gasteiger partial charge < -0.3 is 4.74 Å². The van der Waals surface area contributed by atoms with E-state index in [1.54, 1.807) is 14.2 Å². The van der Waals surface area contributed by atoms with Crippen LogP contribution in [0.1, 0.15) is 47.0 Å². The zero-order valence-electron chi connectivity index (χ0n) is 10.4. The summed E-state index contributed by atoms with van der Waals surface area (Å²) >= 11 is 0. The van der Waals surface area contributed by atoms with Crippen LogP contribution in [0.5, 0.6) is 0 Å². The molecule has 0 unspecified atom stereocenters. The summed E-state index contributed by atoms with van der Waals surface area (Å²) in [5.41, 5.74) is 0. The maximum atomic E-state index is 4.25. The van der Waals surface area contributed by atoms with E-state index in [0.29, 0.717) is 0 Å². The van der Waals surface area contributed by atoms with Crippen LogP contribution in [0.3, 0.4) is 0 Å². The molecule has 1 atom stereocenters. The first-order valence-electron chi connectivity index (χ1n) is 5.25. The molecule has 0 aromatic rings. The van der Waals surface area contributed by atoms with Crippen LogP contribution in [0.25, 0.3) is 0 Å². The highest BCUT2D eigenvalue weighted by molar-refractivity contribution is 4.73. The minimum absolute atomic E-state index is 0.718. The van der Waals surface area contributed by atoms with Gasteiger partial charge in [0.05, 0.1) is 0 Å². The molecule has 0 saturated carbocycles. The first-order valence-corrected chi connectivity index (χ1v) is 5.25. The van der Waals surface area contributed by atoms with Gasteiger partial charge in [-0.3, -0.25) is 0 Å². The fourth-order valence-corrected chi connectivity index (χ4v) is 0.644. The molecular formula is C12H28O. The molecule has 1 nitrogen and oxygen atoms in total. The van der Waals surface area contributed by atoms with E-state index in [1.165, 1.54) is 19.3 Å². The summed E-state index contributed by atoms with van der Waals surface area (Å²) in [4.78, 5) is 0. The normalized spacial score (nSPS) is 10.0. The molecule has 0 rings (SSSR count). The summed E-state index contributed by atoms with van der Waals surface area (Å²) in [5, 5.41) is 0. The van der Waals surface area contributed by atoms with Gasteiger partial charge >= 0.3 is 0 Å². The van der Waals surface area contributed by atoms with E-state index in [-0.39, 0.29) is 0 Å². The van der Waals surface area contributed by atoms with E-state index in [4.69, 9.17) is 0 Å². The van der Waals surface area contributed by atoms with Crippen molar-refractivity contribution in [1.82, 2.24) is 0 Å². The van der Waals surface area contributed by atoms with Gasteiger partial charge in [0.25, 0.3) is 0 Å². The first kappa shape index (κ1) is 18.5. The van der Waals surface area contributed by atoms with E-state index in [2.05, 4.69) is 25.2 Å². The molecule has 0 aliphatic rings. The van der Waals surface area contributed by atoms with E-state index < -0.39 is 0 Å². The lowest BCUT2D eigenvalue weighted by Gasteiger charge is -2.00. The van der Waals surface area contributed by atoms with Crippen LogP contribution in [0.4, 0.5) is 0 Å². The molecule has 0 aliphatic carbocycles. The first-order chi connectivity index (χ1) is 6.22. The lowest BCUT2D eigenvalue weighted by Crippen LogP contribution is -1.86. The van der Waals surface area contributed by atoms with Crippen LogP contribution >= 0.6 is 0 Å². The summed E-state index contributed by atoms with van der Waals surface area (Å²) < 4.78 is 4.25. The van der Waals surface area contributed by atoms with E-state index in [1.807, 2.05) is 19.9 Å². The third-order valence-electron chi connectivity index (χ3n) is 1.42. The fraction of sp³-hybridized carbons (Fsp3) is 0.833. The van der Waals surface area contributed by atoms with Gasteiger partial charge in [0.15, 0.2) is 0 Å². The Morgan fingerprint density at radius 3 is 1.92 bits per heavy atom. The van der Waals surface area contributed by atoms with Crippen molar-refractivity contribution >= 4 is 0 Å². The van der Waals surface area contributed by atoms with Crippen LogP contribution in [-0.2, 0) is 4.74 Å². The molecule has 0 bridgehead atoms. The van der Waals surface area contributed by atoms with Crippen molar-refractivity contribution in [2.45, 2.75) is 47.0 Å². The average Bonchev–Trinajstić information content (AvgIpc) is 2.18. The third kappa shape index (κ3) is 33.9. The van der Waals surface area contributed by atoms with Gasteiger partial charge in [0, 0.05) is 14.2 Å². The van der Waals surface area contributed by atoms with Crippen molar-refractivity contribution in [2.24, 2.45) is 5.92 Å². The molecule has 0 aliphatic heterocycles. The van der Waals surface area contributed by atoms with Crippen LogP contribution in [0.2, 0.25) is 0 Å². The van der Waals surface area contributed by atoms with Crippen molar-refractivity contribution in [1.29, 1.82) is 0 Å². The summed E-state index contributed by atoms with van der Waals surface area (Å²) in [5.74, 6) is 0.718. The van der Waals surface area contributed by atoms with Gasteiger partial charge in [-0.25, -0.2) is 0 Å². The van der Waals surface area contributed by atoms with Crippen LogP contribution in [0, 0.1) is 5.92 Å². The highest BCUT2D eigenvalue weighted by Crippen LogP contribution is 2.06. The van der Waals surface area contributed by atoms with Gasteiger partial charge in [-0.2, -0.15) is 0 Å². The molecule has 0 radical (unpaired) electrons. The molecule has 0 spiro atoms. The second-order valence-corrected chi connectivity index (χ2v) is 2.76. The Bertz CT molecular complexity index is 69.5. The second kappa shape index (κ2) is 22.6. The Labute approximate surface area is 85.2 Å². The Morgan fingerprint density at radius 1 is 1.31 bits per heavy atom. The number of unbranched alkanes of at least 4 members (excludes halogenated alkanes) is 1. The molecule has 1 heteroatoms. The van der Waals surface area contributed by atoms with Gasteiger partial charge in [-0.15, -0.1) is 6.58 Å². The number of rotatable bonds is 4. The largest absolute Gasteiger partial charge is 0.388 e. The maximum absolute atomic E-state index is 4.25. The maximum Gasteiger partial charge on any atom is 0.0351 e. The number of hydrogen-bond acceptors (Lipinski definition) is 1. The van der Waals surface area contributed by atoms with Gasteiger partial charge in [-0.1, -0.05) is 46.6 Å². The quantitative estimate of drug-likeness (QED) is 0.598. The minimum atomic E-state index is 0.718. The summed E-state index contributed by atoms with van der Waals surface area (Å²) in [6.07, 6.45) is 5.97. The molecule has 0 amide bonds. The van der Waals surface area contributed by atoms with Crippen molar-refractivity contribution in [3.63, 3.8) is 0 Å². The summed E-state index contributed by atoms with van der Waals surface area (Å²) in [6, 6.07) is 0. The summed E-state index contributed by atoms with van der Waals surface area (Å²) in [6.45, 7) is 12.1. The molecular weight excluding hydrogens is 160 g/mol. The van der Waals surface area contributed by atoms with E-state index in [0.717, 1.165) is 5.92 Å². The van der Waals surface area contributed by atoms with Gasteiger partial charge in [0.2, 0.25) is 0 Å². The van der Waals surface area contributed by atoms with Crippen molar-refractivity contribution < 1.29 is 4.74 Å². The highest BCUT2D eigenvalue weighted by Gasteiger charge is 1.91. The molecule has 0 heterocycles. The number of hydrogen-bond donors (Lipinski definition) is 0. The molecule has 13 heavy (non-hydrogen) atoms. The van der Waals surface area contributed by atoms with E-state index in [9.17, 15) is 0 Å². The highest BCUT2D eigenvalue weighted by atomic mass is 16.4. The number of methoxy groups -OCH3 is 1. The zero-order valence-corrected chi connectivity index (χ0v) is 10.4. The Balaban J connectivity index is -0.000000169. The molecule has 0 fully saturated rings. The van der Waals surface area contributed by atoms with E-state index >= 15 is 0 Å². The molecule has 0 saturated heterocycles. The van der Waals surface area contributed by atoms with Crippen LogP contribution < -0.4 is 0 Å². The van der Waals surface area contributed by atoms with Crippen LogP contribution in [-0.4, -0.2) is 14.2 Å². The Hall–Kier alpha value is -0.300. The van der Waals surface area contributed by atoms with Crippen molar-refractivity contribution in [3.8, 4) is 0 Å². The zero-order chi connectivity index (χ0) is 11.1. The Morgan fingerprint density at radius 2 is 1.69 bits per heavy atom. The van der Waals surface area contributed by atoms with Crippen molar-refractivity contribution in [2.75, 3.05) is 14.2 Å². The lowest BCUT2D eigenvalue weighted by atomic mass is 10.1. The molecule has 0 N–H and O–H groups in total. The average molecular weight is 188 g/mol. The van der Waals surface area contributed by atoms with Gasteiger partial charge in [0.1, 0.15) is 0 Å². The Kier molecular flexibility index (Phi) is 32.1. The van der Waals surface area contributed by atoms with Crippen LogP contribution in [0.15, 0.2) is 12.7 Å². The lowest BCUT2D eigenvalue weighted by molar-refractivity contribution is 0.277.